The van der Waals surface area contributed by atoms with Crippen molar-refractivity contribution in [2.45, 2.75) is 12.5 Å². The van der Waals surface area contributed by atoms with Crippen molar-refractivity contribution in [3.8, 4) is 0 Å². The lowest BCUT2D eigenvalue weighted by Crippen LogP contribution is -2.29. The van der Waals surface area contributed by atoms with Gasteiger partial charge in [0.25, 0.3) is 0 Å². The lowest BCUT2D eigenvalue weighted by molar-refractivity contribution is 0.537. The number of anilines is 1. The zero-order valence-corrected chi connectivity index (χ0v) is 8.10. The van der Waals surface area contributed by atoms with Gasteiger partial charge in [0.05, 0.1) is 24.8 Å². The van der Waals surface area contributed by atoms with Crippen LogP contribution in [-0.4, -0.2) is 10.2 Å². The van der Waals surface area contributed by atoms with Crippen LogP contribution in [0.25, 0.3) is 0 Å². The molecule has 0 saturated carbocycles. The second-order valence-corrected chi connectivity index (χ2v) is 3.29. The fourth-order valence-electron chi connectivity index (χ4n) is 1.49. The molecule has 0 radical (unpaired) electrons. The Kier molecular flexibility index (Phi) is 2.70. The van der Waals surface area contributed by atoms with Crippen molar-refractivity contribution >= 4 is 5.82 Å². The molecule has 1 unspecified atom stereocenters. The molecule has 0 aliphatic heterocycles. The van der Waals surface area contributed by atoms with E-state index < -0.39 is 0 Å². The van der Waals surface area contributed by atoms with Gasteiger partial charge in [-0.15, -0.1) is 0 Å². The highest BCUT2D eigenvalue weighted by molar-refractivity contribution is 5.39. The number of H-pyrrole nitrogens is 1. The van der Waals surface area contributed by atoms with E-state index in [0.29, 0.717) is 12.2 Å². The predicted octanol–water partition coefficient (Wildman–Crippen LogP) is 0.332. The second-order valence-electron chi connectivity index (χ2n) is 3.29. The fourth-order valence-corrected chi connectivity index (χ4v) is 1.49. The zero-order chi connectivity index (χ0) is 10.7. The minimum absolute atomic E-state index is 0.0682. The smallest absolute Gasteiger partial charge is 0.123 e. The molecule has 0 saturated heterocycles. The average Bonchev–Trinajstić information content (AvgIpc) is 2.85. The summed E-state index contributed by atoms with van der Waals surface area (Å²) in [7, 11) is 0. The molecular formula is C9H13N5O. The number of hydrazine groups is 1. The molecule has 2 aromatic rings. The maximum absolute atomic E-state index is 5.71. The number of furan rings is 1. The molecule has 0 fully saturated rings. The predicted molar refractivity (Wildman–Crippen MR) is 55.5 cm³/mol. The standard InChI is InChI=1S/C9H13N5O/c10-9-7(4-12-14-9)8(13-11)3-6-1-2-15-5-6/h1-2,4-5,8,13H,3,11H2,(H3,10,12,14). The number of aromatic amines is 1. The number of nitrogens with two attached hydrogens (primary N) is 2. The number of nitrogens with one attached hydrogen (secondary N) is 2. The summed E-state index contributed by atoms with van der Waals surface area (Å²) >= 11 is 0. The third kappa shape index (κ3) is 2.00. The van der Waals surface area contributed by atoms with Gasteiger partial charge < -0.3 is 10.2 Å². The van der Waals surface area contributed by atoms with Gasteiger partial charge in [0, 0.05) is 5.56 Å². The molecule has 0 amide bonds. The van der Waals surface area contributed by atoms with Crippen LogP contribution < -0.4 is 17.0 Å². The van der Waals surface area contributed by atoms with E-state index in [4.69, 9.17) is 16.0 Å². The van der Waals surface area contributed by atoms with Gasteiger partial charge in [0.15, 0.2) is 0 Å². The van der Waals surface area contributed by atoms with Crippen LogP contribution in [0.3, 0.4) is 0 Å². The van der Waals surface area contributed by atoms with Gasteiger partial charge in [0.1, 0.15) is 5.82 Å². The summed E-state index contributed by atoms with van der Waals surface area (Å²) < 4.78 is 4.98. The highest BCUT2D eigenvalue weighted by Crippen LogP contribution is 2.21. The van der Waals surface area contributed by atoms with E-state index in [9.17, 15) is 0 Å². The van der Waals surface area contributed by atoms with E-state index in [-0.39, 0.29) is 6.04 Å². The van der Waals surface area contributed by atoms with Crippen LogP contribution in [-0.2, 0) is 6.42 Å². The first-order valence-electron chi connectivity index (χ1n) is 4.57. The van der Waals surface area contributed by atoms with Gasteiger partial charge in [-0.1, -0.05) is 0 Å². The minimum atomic E-state index is -0.0682. The molecule has 0 bridgehead atoms. The first-order valence-corrected chi connectivity index (χ1v) is 4.57. The molecule has 6 heteroatoms. The molecule has 2 rings (SSSR count). The molecule has 6 N–H and O–H groups in total. The monoisotopic (exact) mass is 207 g/mol. The Morgan fingerprint density at radius 1 is 1.60 bits per heavy atom. The minimum Gasteiger partial charge on any atom is -0.472 e. The Bertz CT molecular complexity index is 408. The average molecular weight is 207 g/mol. The largest absolute Gasteiger partial charge is 0.472 e. The molecular weight excluding hydrogens is 194 g/mol. The second kappa shape index (κ2) is 4.16. The van der Waals surface area contributed by atoms with E-state index in [2.05, 4.69) is 15.6 Å². The number of hydrogen-bond acceptors (Lipinski definition) is 5. The molecule has 6 nitrogen and oxygen atoms in total. The van der Waals surface area contributed by atoms with Crippen molar-refractivity contribution in [2.75, 3.05) is 5.73 Å². The summed E-state index contributed by atoms with van der Waals surface area (Å²) in [5.74, 6) is 6.00. The van der Waals surface area contributed by atoms with Crippen LogP contribution in [0, 0.1) is 0 Å². The summed E-state index contributed by atoms with van der Waals surface area (Å²) in [5, 5.41) is 6.52. The van der Waals surface area contributed by atoms with Crippen LogP contribution in [0.5, 0.6) is 0 Å². The quantitative estimate of drug-likeness (QED) is 0.427. The van der Waals surface area contributed by atoms with Crippen LogP contribution >= 0.6 is 0 Å². The first kappa shape index (κ1) is 9.75. The van der Waals surface area contributed by atoms with Gasteiger partial charge in [-0.2, -0.15) is 5.10 Å². The van der Waals surface area contributed by atoms with Gasteiger partial charge in [0.2, 0.25) is 0 Å². The highest BCUT2D eigenvalue weighted by Gasteiger charge is 2.15. The molecule has 15 heavy (non-hydrogen) atoms. The maximum Gasteiger partial charge on any atom is 0.123 e. The summed E-state index contributed by atoms with van der Waals surface area (Å²) in [4.78, 5) is 0. The van der Waals surface area contributed by atoms with Crippen LogP contribution in [0.1, 0.15) is 17.2 Å². The van der Waals surface area contributed by atoms with Crippen molar-refractivity contribution in [1.82, 2.24) is 15.6 Å². The molecule has 1 atom stereocenters. The molecule has 80 valence electrons. The normalized spacial score (nSPS) is 12.9. The van der Waals surface area contributed by atoms with Crippen molar-refractivity contribution in [1.29, 1.82) is 0 Å². The Morgan fingerprint density at radius 3 is 3.00 bits per heavy atom. The zero-order valence-electron chi connectivity index (χ0n) is 8.10. The molecule has 0 aliphatic carbocycles. The van der Waals surface area contributed by atoms with E-state index in [1.54, 1.807) is 18.7 Å². The van der Waals surface area contributed by atoms with E-state index >= 15 is 0 Å². The van der Waals surface area contributed by atoms with Gasteiger partial charge in [-0.3, -0.25) is 16.4 Å². The van der Waals surface area contributed by atoms with Crippen molar-refractivity contribution in [3.63, 3.8) is 0 Å². The topological polar surface area (TPSA) is 106 Å². The summed E-state index contributed by atoms with van der Waals surface area (Å²) in [5.41, 5.74) is 10.3. The van der Waals surface area contributed by atoms with Gasteiger partial charge in [-0.25, -0.2) is 0 Å². The Morgan fingerprint density at radius 2 is 2.47 bits per heavy atom. The number of rotatable bonds is 4. The molecule has 0 aromatic carbocycles. The lowest BCUT2D eigenvalue weighted by atomic mass is 10.0. The molecule has 0 spiro atoms. The molecule has 2 heterocycles. The first-order chi connectivity index (χ1) is 7.31. The Hall–Kier alpha value is -1.79. The maximum atomic E-state index is 5.71. The number of nitrogen functional groups attached to an aromatic ring is 1. The van der Waals surface area contributed by atoms with Gasteiger partial charge in [-0.05, 0) is 18.1 Å². The van der Waals surface area contributed by atoms with E-state index in [1.807, 2.05) is 6.07 Å². The number of aromatic nitrogens is 2. The van der Waals surface area contributed by atoms with Crippen molar-refractivity contribution in [3.05, 3.63) is 35.9 Å². The SMILES string of the molecule is NNC(Cc1ccoc1)c1cn[nH]c1N. The molecule has 2 aromatic heterocycles. The fraction of sp³-hybridized carbons (Fsp3) is 0.222. The van der Waals surface area contributed by atoms with Gasteiger partial charge >= 0.3 is 0 Å². The van der Waals surface area contributed by atoms with E-state index in [0.717, 1.165) is 11.1 Å². The number of nitrogens with zero attached hydrogens (tertiary/aromatic N) is 1. The highest BCUT2D eigenvalue weighted by atomic mass is 16.3. The summed E-state index contributed by atoms with van der Waals surface area (Å²) in [6.07, 6.45) is 5.68. The summed E-state index contributed by atoms with van der Waals surface area (Å²) in [6, 6.07) is 1.82. The van der Waals surface area contributed by atoms with Crippen LogP contribution in [0.4, 0.5) is 5.82 Å². The van der Waals surface area contributed by atoms with Crippen molar-refractivity contribution in [2.24, 2.45) is 5.84 Å². The third-order valence-electron chi connectivity index (χ3n) is 2.30. The van der Waals surface area contributed by atoms with E-state index in [1.165, 1.54) is 0 Å². The van der Waals surface area contributed by atoms with Crippen LogP contribution in [0.2, 0.25) is 0 Å². The Balaban J connectivity index is 2.15. The number of hydrogen-bond donors (Lipinski definition) is 4. The van der Waals surface area contributed by atoms with Crippen LogP contribution in [0.15, 0.2) is 29.2 Å². The molecule has 0 aliphatic rings. The Labute approximate surface area is 86.6 Å². The summed E-state index contributed by atoms with van der Waals surface area (Å²) in [6.45, 7) is 0. The van der Waals surface area contributed by atoms with Crippen molar-refractivity contribution < 1.29 is 4.42 Å². The third-order valence-corrected chi connectivity index (χ3v) is 2.30. The lowest BCUT2D eigenvalue weighted by Gasteiger charge is -2.13.